The first-order valence-corrected chi connectivity index (χ1v) is 10.8. The SMILES string of the molecule is COc1ccc(CCNC(=O)c2ccc(N(C)C)c(S(=O)(=O)N(C)C)c2)c(OC)c1. The van der Waals surface area contributed by atoms with Gasteiger partial charge in [0.05, 0.1) is 19.9 Å². The number of methoxy groups -OCH3 is 2. The molecule has 0 saturated heterocycles. The Morgan fingerprint density at radius 3 is 2.27 bits per heavy atom. The number of anilines is 1. The fourth-order valence-electron chi connectivity index (χ4n) is 2.90. The third kappa shape index (κ3) is 5.22. The zero-order valence-electron chi connectivity index (χ0n) is 18.2. The molecule has 9 heteroatoms. The molecule has 2 aromatic rings. The fraction of sp³-hybridized carbons (Fsp3) is 0.381. The van der Waals surface area contributed by atoms with E-state index < -0.39 is 10.0 Å². The second-order valence-corrected chi connectivity index (χ2v) is 9.17. The van der Waals surface area contributed by atoms with Crippen molar-refractivity contribution >= 4 is 21.6 Å². The highest BCUT2D eigenvalue weighted by Crippen LogP contribution is 2.27. The van der Waals surface area contributed by atoms with E-state index in [4.69, 9.17) is 9.47 Å². The van der Waals surface area contributed by atoms with Crippen molar-refractivity contribution in [1.29, 1.82) is 0 Å². The molecular formula is C21H29N3O5S. The molecule has 0 aromatic heterocycles. The quantitative estimate of drug-likeness (QED) is 0.648. The monoisotopic (exact) mass is 435 g/mol. The minimum atomic E-state index is -3.70. The number of nitrogens with zero attached hydrogens (tertiary/aromatic N) is 2. The van der Waals surface area contributed by atoms with Gasteiger partial charge in [0.2, 0.25) is 10.0 Å². The summed E-state index contributed by atoms with van der Waals surface area (Å²) in [5.74, 6) is 1.02. The molecule has 0 heterocycles. The van der Waals surface area contributed by atoms with Crippen LogP contribution in [0.3, 0.4) is 0 Å². The minimum absolute atomic E-state index is 0.0852. The van der Waals surface area contributed by atoms with Crippen molar-refractivity contribution in [2.45, 2.75) is 11.3 Å². The van der Waals surface area contributed by atoms with E-state index in [0.717, 1.165) is 9.87 Å². The van der Waals surface area contributed by atoms with Gasteiger partial charge in [-0.15, -0.1) is 0 Å². The van der Waals surface area contributed by atoms with Gasteiger partial charge in [-0.05, 0) is 36.2 Å². The number of nitrogens with one attached hydrogen (secondary N) is 1. The molecule has 0 aliphatic heterocycles. The van der Waals surface area contributed by atoms with E-state index in [2.05, 4.69) is 5.32 Å². The average molecular weight is 436 g/mol. The largest absolute Gasteiger partial charge is 0.497 e. The smallest absolute Gasteiger partial charge is 0.251 e. The van der Waals surface area contributed by atoms with Crippen LogP contribution in [0.5, 0.6) is 11.5 Å². The second kappa shape index (κ2) is 9.82. The number of carbonyl (C=O) groups is 1. The molecule has 0 spiro atoms. The summed E-state index contributed by atoms with van der Waals surface area (Å²) in [5, 5.41) is 2.84. The number of rotatable bonds is 9. The van der Waals surface area contributed by atoms with Crippen LogP contribution in [0, 0.1) is 0 Å². The van der Waals surface area contributed by atoms with Crippen molar-refractivity contribution in [3.05, 3.63) is 47.5 Å². The topological polar surface area (TPSA) is 88.2 Å². The van der Waals surface area contributed by atoms with Crippen molar-refractivity contribution in [3.63, 3.8) is 0 Å². The van der Waals surface area contributed by atoms with Crippen molar-refractivity contribution in [2.24, 2.45) is 0 Å². The van der Waals surface area contributed by atoms with E-state index in [9.17, 15) is 13.2 Å². The number of amides is 1. The summed E-state index contributed by atoms with van der Waals surface area (Å²) >= 11 is 0. The van der Waals surface area contributed by atoms with Crippen molar-refractivity contribution < 1.29 is 22.7 Å². The van der Waals surface area contributed by atoms with Gasteiger partial charge in [0, 0.05) is 46.4 Å². The molecule has 0 atom stereocenters. The first-order valence-electron chi connectivity index (χ1n) is 9.34. The van der Waals surface area contributed by atoms with E-state index in [1.807, 2.05) is 12.1 Å². The molecule has 8 nitrogen and oxygen atoms in total. The molecule has 0 radical (unpaired) electrons. The highest BCUT2D eigenvalue weighted by Gasteiger charge is 2.24. The van der Waals surface area contributed by atoms with Gasteiger partial charge >= 0.3 is 0 Å². The van der Waals surface area contributed by atoms with Crippen LogP contribution in [0.25, 0.3) is 0 Å². The lowest BCUT2D eigenvalue weighted by Crippen LogP contribution is -2.28. The van der Waals surface area contributed by atoms with Gasteiger partial charge < -0.3 is 19.7 Å². The van der Waals surface area contributed by atoms with Gasteiger partial charge in [0.15, 0.2) is 0 Å². The molecule has 0 saturated carbocycles. The van der Waals surface area contributed by atoms with Crippen LogP contribution in [0.15, 0.2) is 41.3 Å². The van der Waals surface area contributed by atoms with E-state index in [-0.39, 0.29) is 16.4 Å². The third-order valence-electron chi connectivity index (χ3n) is 4.64. The molecule has 0 bridgehead atoms. The normalized spacial score (nSPS) is 11.3. The van der Waals surface area contributed by atoms with E-state index in [0.29, 0.717) is 30.2 Å². The average Bonchev–Trinajstić information content (AvgIpc) is 2.72. The standard InChI is InChI=1S/C21H29N3O5S/c1-23(2)18-10-8-16(13-20(18)30(26,27)24(3)4)21(25)22-12-11-15-7-9-17(28-5)14-19(15)29-6/h7-10,13-14H,11-12H2,1-6H3,(H,22,25). The molecular weight excluding hydrogens is 406 g/mol. The van der Waals surface area contributed by atoms with Gasteiger partial charge in [-0.2, -0.15) is 0 Å². The first kappa shape index (κ1) is 23.5. The Morgan fingerprint density at radius 1 is 1.00 bits per heavy atom. The lowest BCUT2D eigenvalue weighted by atomic mass is 10.1. The Balaban J connectivity index is 2.18. The highest BCUT2D eigenvalue weighted by molar-refractivity contribution is 7.89. The Bertz CT molecular complexity index is 1000. The molecule has 30 heavy (non-hydrogen) atoms. The van der Waals surface area contributed by atoms with Crippen LogP contribution in [-0.2, 0) is 16.4 Å². The van der Waals surface area contributed by atoms with Crippen molar-refractivity contribution in [2.75, 3.05) is 53.9 Å². The van der Waals surface area contributed by atoms with Gasteiger partial charge in [-0.3, -0.25) is 4.79 Å². The number of sulfonamides is 1. The summed E-state index contributed by atoms with van der Waals surface area (Å²) in [5.41, 5.74) is 1.73. The minimum Gasteiger partial charge on any atom is -0.497 e. The Labute approximate surface area is 178 Å². The maximum absolute atomic E-state index is 12.7. The maximum Gasteiger partial charge on any atom is 0.251 e. The van der Waals surface area contributed by atoms with Gasteiger partial charge in [0.25, 0.3) is 5.91 Å². The molecule has 2 rings (SSSR count). The summed E-state index contributed by atoms with van der Waals surface area (Å²) in [6, 6.07) is 10.2. The summed E-state index contributed by atoms with van der Waals surface area (Å²) in [6.45, 7) is 0.368. The number of benzene rings is 2. The zero-order chi connectivity index (χ0) is 22.5. The van der Waals surface area contributed by atoms with Crippen molar-refractivity contribution in [3.8, 4) is 11.5 Å². The molecule has 1 N–H and O–H groups in total. The van der Waals surface area contributed by atoms with Crippen LogP contribution in [0.1, 0.15) is 15.9 Å². The summed E-state index contributed by atoms with van der Waals surface area (Å²) < 4.78 is 37.1. The molecule has 0 aliphatic rings. The molecule has 0 unspecified atom stereocenters. The van der Waals surface area contributed by atoms with Crippen LogP contribution >= 0.6 is 0 Å². The number of ether oxygens (including phenoxy) is 2. The lowest BCUT2D eigenvalue weighted by molar-refractivity contribution is 0.0954. The third-order valence-corrected chi connectivity index (χ3v) is 6.48. The number of hydrogen-bond donors (Lipinski definition) is 1. The molecule has 164 valence electrons. The Kier molecular flexibility index (Phi) is 7.69. The fourth-order valence-corrected chi connectivity index (χ4v) is 4.08. The predicted molar refractivity (Wildman–Crippen MR) is 117 cm³/mol. The van der Waals surface area contributed by atoms with Gasteiger partial charge in [0.1, 0.15) is 16.4 Å². The van der Waals surface area contributed by atoms with Crippen molar-refractivity contribution in [1.82, 2.24) is 9.62 Å². The molecule has 2 aromatic carbocycles. The zero-order valence-corrected chi connectivity index (χ0v) is 19.0. The van der Waals surface area contributed by atoms with E-state index in [1.54, 1.807) is 51.4 Å². The van der Waals surface area contributed by atoms with Gasteiger partial charge in [-0.1, -0.05) is 6.07 Å². The maximum atomic E-state index is 12.7. The van der Waals surface area contributed by atoms with E-state index in [1.165, 1.54) is 20.2 Å². The highest BCUT2D eigenvalue weighted by atomic mass is 32.2. The Hall–Kier alpha value is -2.78. The number of hydrogen-bond acceptors (Lipinski definition) is 6. The Morgan fingerprint density at radius 2 is 1.70 bits per heavy atom. The molecule has 0 aliphatic carbocycles. The summed E-state index contributed by atoms with van der Waals surface area (Å²) in [4.78, 5) is 14.4. The predicted octanol–water partition coefficient (Wildman–Crippen LogP) is 1.99. The first-order chi connectivity index (χ1) is 14.1. The van der Waals surface area contributed by atoms with Crippen LogP contribution < -0.4 is 19.7 Å². The number of carbonyl (C=O) groups excluding carboxylic acids is 1. The van der Waals surface area contributed by atoms with Gasteiger partial charge in [-0.25, -0.2) is 12.7 Å². The summed E-state index contributed by atoms with van der Waals surface area (Å²) in [6.07, 6.45) is 0.553. The molecule has 1 amide bonds. The van der Waals surface area contributed by atoms with E-state index >= 15 is 0 Å². The summed E-state index contributed by atoms with van der Waals surface area (Å²) in [7, 11) is 5.90. The van der Waals surface area contributed by atoms with Crippen LogP contribution in [0.2, 0.25) is 0 Å². The lowest BCUT2D eigenvalue weighted by Gasteiger charge is -2.21. The second-order valence-electron chi connectivity index (χ2n) is 7.05. The van der Waals surface area contributed by atoms with Crippen LogP contribution in [-0.4, -0.2) is 67.6 Å². The van der Waals surface area contributed by atoms with Crippen LogP contribution in [0.4, 0.5) is 5.69 Å². The molecule has 0 fully saturated rings.